The number of anilines is 1. The number of hydrogen-bond acceptors (Lipinski definition) is 5. The van der Waals surface area contributed by atoms with Crippen molar-refractivity contribution >= 4 is 24.0 Å². The van der Waals surface area contributed by atoms with Gasteiger partial charge in [-0.2, -0.15) is 0 Å². The van der Waals surface area contributed by atoms with Gasteiger partial charge in [-0.25, -0.2) is 0 Å². The van der Waals surface area contributed by atoms with Gasteiger partial charge in [0.15, 0.2) is 0 Å². The number of benzene rings is 2. The Morgan fingerprint density at radius 1 is 1.15 bits per heavy atom. The summed E-state index contributed by atoms with van der Waals surface area (Å²) in [5.41, 5.74) is 8.12. The Bertz CT molecular complexity index is 757. The van der Waals surface area contributed by atoms with Crippen molar-refractivity contribution in [1.29, 1.82) is 0 Å². The molecule has 2 aromatic carbocycles. The van der Waals surface area contributed by atoms with E-state index in [0.29, 0.717) is 23.7 Å². The summed E-state index contributed by atoms with van der Waals surface area (Å²) in [6.45, 7) is 1.76. The van der Waals surface area contributed by atoms with Crippen molar-refractivity contribution in [2.45, 2.75) is 12.0 Å². The van der Waals surface area contributed by atoms with Crippen molar-refractivity contribution < 1.29 is 14.3 Å². The Balaban J connectivity index is 0.00000261. The first-order valence-electron chi connectivity index (χ1n) is 8.65. The minimum Gasteiger partial charge on any atom is -0.497 e. The fraction of sp³-hybridized carbons (Fsp3) is 0.350. The number of nitrogens with one attached hydrogen (secondary N) is 1. The van der Waals surface area contributed by atoms with Crippen molar-refractivity contribution in [1.82, 2.24) is 4.90 Å². The zero-order chi connectivity index (χ0) is 18.5. The summed E-state index contributed by atoms with van der Waals surface area (Å²) in [6, 6.07) is 15.6. The molecule has 0 bridgehead atoms. The number of hydrogen-bond donors (Lipinski definition) is 2. The van der Waals surface area contributed by atoms with Crippen LogP contribution in [0.15, 0.2) is 48.5 Å². The summed E-state index contributed by atoms with van der Waals surface area (Å²) in [5.74, 6) is 1.40. The molecule has 0 aliphatic carbocycles. The second-order valence-corrected chi connectivity index (χ2v) is 6.49. The van der Waals surface area contributed by atoms with Crippen molar-refractivity contribution in [3.63, 3.8) is 0 Å². The molecular formula is C20H26ClN3O3. The molecule has 27 heavy (non-hydrogen) atoms. The van der Waals surface area contributed by atoms with Gasteiger partial charge < -0.3 is 20.5 Å². The Kier molecular flexibility index (Phi) is 7.47. The molecule has 146 valence electrons. The van der Waals surface area contributed by atoms with Crippen LogP contribution in [0, 0.1) is 0 Å². The summed E-state index contributed by atoms with van der Waals surface area (Å²) < 4.78 is 10.5. The molecule has 1 heterocycles. The van der Waals surface area contributed by atoms with Gasteiger partial charge in [-0.05, 0) is 17.7 Å². The van der Waals surface area contributed by atoms with Crippen LogP contribution in [0.3, 0.4) is 0 Å². The van der Waals surface area contributed by atoms with E-state index >= 15 is 0 Å². The van der Waals surface area contributed by atoms with Gasteiger partial charge in [-0.15, -0.1) is 12.4 Å². The lowest BCUT2D eigenvalue weighted by atomic mass is 9.95. The quantitative estimate of drug-likeness (QED) is 0.791. The lowest BCUT2D eigenvalue weighted by molar-refractivity contribution is -0.117. The highest BCUT2D eigenvalue weighted by Crippen LogP contribution is 2.29. The lowest BCUT2D eigenvalue weighted by Gasteiger charge is -2.17. The van der Waals surface area contributed by atoms with Gasteiger partial charge in [0.25, 0.3) is 0 Å². The Morgan fingerprint density at radius 2 is 1.89 bits per heavy atom. The fourth-order valence-electron chi connectivity index (χ4n) is 3.40. The lowest BCUT2D eigenvalue weighted by Crippen LogP contribution is -2.33. The van der Waals surface area contributed by atoms with Crippen LogP contribution in [0.1, 0.15) is 11.5 Å². The van der Waals surface area contributed by atoms with Crippen molar-refractivity contribution in [3.8, 4) is 11.5 Å². The average molecular weight is 392 g/mol. The van der Waals surface area contributed by atoms with Gasteiger partial charge in [-0.3, -0.25) is 9.69 Å². The zero-order valence-corrected chi connectivity index (χ0v) is 16.4. The molecule has 0 spiro atoms. The molecule has 1 saturated heterocycles. The van der Waals surface area contributed by atoms with E-state index in [1.807, 2.05) is 18.2 Å². The first kappa shape index (κ1) is 21.0. The van der Waals surface area contributed by atoms with Gasteiger partial charge >= 0.3 is 0 Å². The van der Waals surface area contributed by atoms with Crippen molar-refractivity contribution in [2.75, 3.05) is 39.2 Å². The first-order chi connectivity index (χ1) is 12.6. The Hall–Kier alpha value is -2.28. The van der Waals surface area contributed by atoms with Gasteiger partial charge in [0.2, 0.25) is 5.91 Å². The summed E-state index contributed by atoms with van der Waals surface area (Å²) in [4.78, 5) is 14.6. The molecular weight excluding hydrogens is 366 g/mol. The standard InChI is InChI=1S/C20H25N3O3.ClH/c1-25-15-8-9-19(26-2)18(10-15)22-20(24)13-23-11-16(17(21)12-23)14-6-4-3-5-7-14;/h3-10,16-17H,11-13,21H2,1-2H3,(H,22,24);1H/t16-,17+;/m0./s1. The number of carbonyl (C=O) groups excluding carboxylic acids is 1. The fourth-order valence-corrected chi connectivity index (χ4v) is 3.40. The highest BCUT2D eigenvalue weighted by molar-refractivity contribution is 5.94. The molecule has 1 aliphatic heterocycles. The van der Waals surface area contributed by atoms with E-state index in [1.165, 1.54) is 5.56 Å². The minimum absolute atomic E-state index is 0. The van der Waals surface area contributed by atoms with E-state index < -0.39 is 0 Å². The molecule has 3 rings (SSSR count). The largest absolute Gasteiger partial charge is 0.497 e. The maximum atomic E-state index is 12.5. The molecule has 2 aromatic rings. The number of methoxy groups -OCH3 is 2. The molecule has 0 radical (unpaired) electrons. The summed E-state index contributed by atoms with van der Waals surface area (Å²) >= 11 is 0. The van der Waals surface area contributed by atoms with Crippen LogP contribution >= 0.6 is 12.4 Å². The first-order valence-corrected chi connectivity index (χ1v) is 8.65. The van der Waals surface area contributed by atoms with Gasteiger partial charge in [0, 0.05) is 31.1 Å². The van der Waals surface area contributed by atoms with Crippen LogP contribution in [0.2, 0.25) is 0 Å². The molecule has 1 fully saturated rings. The number of nitrogens with zero attached hydrogens (tertiary/aromatic N) is 1. The predicted octanol–water partition coefficient (Wildman–Crippen LogP) is 2.49. The van der Waals surface area contributed by atoms with E-state index in [1.54, 1.807) is 32.4 Å². The summed E-state index contributed by atoms with van der Waals surface area (Å²) in [7, 11) is 3.16. The predicted molar refractivity (Wildman–Crippen MR) is 109 cm³/mol. The van der Waals surface area contributed by atoms with Gasteiger partial charge in [-0.1, -0.05) is 30.3 Å². The highest BCUT2D eigenvalue weighted by atomic mass is 35.5. The van der Waals surface area contributed by atoms with Crippen LogP contribution in [0.25, 0.3) is 0 Å². The van der Waals surface area contributed by atoms with Crippen LogP contribution in [0.4, 0.5) is 5.69 Å². The van der Waals surface area contributed by atoms with Crippen LogP contribution in [0.5, 0.6) is 11.5 Å². The Labute approximate surface area is 166 Å². The molecule has 6 nitrogen and oxygen atoms in total. The number of ether oxygens (including phenoxy) is 2. The molecule has 2 atom stereocenters. The topological polar surface area (TPSA) is 76.8 Å². The van der Waals surface area contributed by atoms with Crippen LogP contribution in [-0.2, 0) is 4.79 Å². The molecule has 1 aliphatic rings. The minimum atomic E-state index is -0.0996. The number of amides is 1. The maximum Gasteiger partial charge on any atom is 0.238 e. The zero-order valence-electron chi connectivity index (χ0n) is 15.6. The van der Waals surface area contributed by atoms with Gasteiger partial charge in [0.05, 0.1) is 26.5 Å². The molecule has 0 unspecified atom stereocenters. The molecule has 3 N–H and O–H groups in total. The van der Waals surface area contributed by atoms with Crippen LogP contribution < -0.4 is 20.5 Å². The summed E-state index contributed by atoms with van der Waals surface area (Å²) in [5, 5.41) is 2.91. The third kappa shape index (κ3) is 5.13. The highest BCUT2D eigenvalue weighted by Gasteiger charge is 2.32. The number of nitrogens with two attached hydrogens (primary N) is 1. The SMILES string of the molecule is COc1ccc(OC)c(NC(=O)CN2C[C@@H](N)[C@H](c3ccccc3)C2)c1.Cl. The Morgan fingerprint density at radius 3 is 2.56 bits per heavy atom. The third-order valence-corrected chi connectivity index (χ3v) is 4.72. The molecule has 1 amide bonds. The van der Waals surface area contributed by atoms with Crippen LogP contribution in [-0.4, -0.2) is 50.7 Å². The number of carbonyl (C=O) groups is 1. The van der Waals surface area contributed by atoms with E-state index in [-0.39, 0.29) is 36.8 Å². The second-order valence-electron chi connectivity index (χ2n) is 6.49. The summed E-state index contributed by atoms with van der Waals surface area (Å²) in [6.07, 6.45) is 0. The molecule has 0 aromatic heterocycles. The average Bonchev–Trinajstić information content (AvgIpc) is 3.02. The third-order valence-electron chi connectivity index (χ3n) is 4.72. The number of likely N-dealkylation sites (tertiary alicyclic amines) is 1. The van der Waals surface area contributed by atoms with Crippen molar-refractivity contribution in [3.05, 3.63) is 54.1 Å². The van der Waals surface area contributed by atoms with E-state index in [4.69, 9.17) is 15.2 Å². The van der Waals surface area contributed by atoms with E-state index in [0.717, 1.165) is 6.54 Å². The number of halogens is 1. The smallest absolute Gasteiger partial charge is 0.238 e. The molecule has 7 heteroatoms. The second kappa shape index (κ2) is 9.60. The van der Waals surface area contributed by atoms with Gasteiger partial charge in [0.1, 0.15) is 11.5 Å². The van der Waals surface area contributed by atoms with E-state index in [9.17, 15) is 4.79 Å². The maximum absolute atomic E-state index is 12.5. The van der Waals surface area contributed by atoms with Crippen molar-refractivity contribution in [2.24, 2.45) is 5.73 Å². The number of rotatable bonds is 6. The normalized spacial score (nSPS) is 19.2. The monoisotopic (exact) mass is 391 g/mol. The molecule has 0 saturated carbocycles. The van der Waals surface area contributed by atoms with E-state index in [2.05, 4.69) is 22.3 Å².